The van der Waals surface area contributed by atoms with E-state index in [1.807, 2.05) is 6.92 Å². The number of ether oxygens (including phenoxy) is 1. The fraction of sp³-hybridized carbons (Fsp3) is 0.353. The number of benzene rings is 1. The summed E-state index contributed by atoms with van der Waals surface area (Å²) in [5, 5.41) is 2.63. The summed E-state index contributed by atoms with van der Waals surface area (Å²) in [5.41, 5.74) is 0.574. The normalized spacial score (nSPS) is 11.8. The van der Waals surface area contributed by atoms with Gasteiger partial charge in [-0.3, -0.25) is 9.59 Å². The first-order valence-electron chi connectivity index (χ1n) is 7.58. The van der Waals surface area contributed by atoms with E-state index < -0.39 is 23.6 Å². The Labute approximate surface area is 139 Å². The molecule has 0 radical (unpaired) electrons. The zero-order valence-electron chi connectivity index (χ0n) is 13.5. The van der Waals surface area contributed by atoms with Crippen molar-refractivity contribution in [1.29, 1.82) is 0 Å². The average molecular weight is 334 g/mol. The van der Waals surface area contributed by atoms with Gasteiger partial charge < -0.3 is 14.5 Å². The monoisotopic (exact) mass is 334 g/mol. The number of carbonyl (C=O) groups excluding carboxylic acids is 2. The molecule has 7 heteroatoms. The number of nitrogens with zero attached hydrogens (tertiary/aromatic N) is 1. The predicted molar refractivity (Wildman–Crippen MR) is 83.8 cm³/mol. The number of hydrogen-bond acceptors (Lipinski definition) is 5. The molecule has 128 valence electrons. The molecule has 0 fully saturated rings. The van der Waals surface area contributed by atoms with Gasteiger partial charge in [-0.2, -0.15) is 0 Å². The Kier molecular flexibility index (Phi) is 6.06. The van der Waals surface area contributed by atoms with Crippen molar-refractivity contribution in [3.05, 3.63) is 53.5 Å². The van der Waals surface area contributed by atoms with E-state index in [0.717, 1.165) is 0 Å². The van der Waals surface area contributed by atoms with Gasteiger partial charge in [-0.25, -0.2) is 9.37 Å². The number of nitrogens with one attached hydrogen (secondary N) is 1. The molecule has 1 aromatic carbocycles. The largest absolute Gasteiger partial charge is 0.469 e. The molecule has 0 spiro atoms. The first-order chi connectivity index (χ1) is 11.6. The Morgan fingerprint density at radius 2 is 2.12 bits per heavy atom. The van der Waals surface area contributed by atoms with Crippen molar-refractivity contribution in [1.82, 2.24) is 10.3 Å². The van der Waals surface area contributed by atoms with Gasteiger partial charge in [0.2, 0.25) is 0 Å². The Morgan fingerprint density at radius 1 is 1.38 bits per heavy atom. The van der Waals surface area contributed by atoms with E-state index in [4.69, 9.17) is 9.15 Å². The highest BCUT2D eigenvalue weighted by Crippen LogP contribution is 2.14. The fourth-order valence-electron chi connectivity index (χ4n) is 2.34. The highest BCUT2D eigenvalue weighted by atomic mass is 19.1. The lowest BCUT2D eigenvalue weighted by Gasteiger charge is -2.15. The topological polar surface area (TPSA) is 81.4 Å². The Bertz CT molecular complexity index is 714. The molecule has 0 aliphatic heterocycles. The quantitative estimate of drug-likeness (QED) is 0.785. The van der Waals surface area contributed by atoms with Crippen molar-refractivity contribution in [3.63, 3.8) is 0 Å². The molecule has 0 saturated heterocycles. The Hall–Kier alpha value is -2.70. The van der Waals surface area contributed by atoms with Crippen LogP contribution in [0.4, 0.5) is 4.39 Å². The van der Waals surface area contributed by atoms with Gasteiger partial charge in [0.25, 0.3) is 5.91 Å². The number of rotatable bonds is 7. The number of amides is 1. The molecule has 0 aliphatic rings. The lowest BCUT2D eigenvalue weighted by atomic mass is 9.98. The molecule has 0 aliphatic carbocycles. The zero-order valence-corrected chi connectivity index (χ0v) is 13.5. The molecule has 0 bridgehead atoms. The summed E-state index contributed by atoms with van der Waals surface area (Å²) >= 11 is 0. The molecule has 2 rings (SSSR count). The summed E-state index contributed by atoms with van der Waals surface area (Å²) in [6.45, 7) is 1.85. The van der Waals surface area contributed by atoms with Crippen molar-refractivity contribution >= 4 is 11.9 Å². The molecule has 1 N–H and O–H groups in total. The third kappa shape index (κ3) is 4.18. The number of methoxy groups -OCH3 is 1. The second-order valence-corrected chi connectivity index (χ2v) is 5.20. The lowest BCUT2D eigenvalue weighted by Crippen LogP contribution is -2.35. The zero-order chi connectivity index (χ0) is 17.5. The van der Waals surface area contributed by atoms with Gasteiger partial charge in [-0.05, 0) is 18.1 Å². The maximum absolute atomic E-state index is 13.8. The van der Waals surface area contributed by atoms with Crippen LogP contribution in [0.25, 0.3) is 0 Å². The summed E-state index contributed by atoms with van der Waals surface area (Å²) in [4.78, 5) is 28.0. The summed E-state index contributed by atoms with van der Waals surface area (Å²) in [6.07, 6.45) is 1.85. The molecular weight excluding hydrogens is 315 g/mol. The second-order valence-electron chi connectivity index (χ2n) is 5.20. The molecule has 24 heavy (non-hydrogen) atoms. The summed E-state index contributed by atoms with van der Waals surface area (Å²) in [7, 11) is 1.26. The van der Waals surface area contributed by atoms with Crippen LogP contribution < -0.4 is 5.32 Å². The maximum atomic E-state index is 13.8. The average Bonchev–Trinajstić information content (AvgIpc) is 3.08. The Balaban J connectivity index is 2.05. The Morgan fingerprint density at radius 3 is 2.79 bits per heavy atom. The van der Waals surface area contributed by atoms with Gasteiger partial charge in [0.15, 0.2) is 12.1 Å². The van der Waals surface area contributed by atoms with E-state index in [1.54, 1.807) is 18.2 Å². The number of oxazole rings is 1. The van der Waals surface area contributed by atoms with Crippen molar-refractivity contribution in [2.75, 3.05) is 13.7 Å². The van der Waals surface area contributed by atoms with Crippen molar-refractivity contribution in [2.24, 2.45) is 5.92 Å². The lowest BCUT2D eigenvalue weighted by molar-refractivity contribution is -0.145. The van der Waals surface area contributed by atoms with Crippen molar-refractivity contribution in [3.8, 4) is 0 Å². The maximum Gasteiger partial charge on any atom is 0.310 e. The fourth-order valence-corrected chi connectivity index (χ4v) is 2.34. The number of hydrogen-bond donors (Lipinski definition) is 1. The van der Waals surface area contributed by atoms with E-state index in [2.05, 4.69) is 10.3 Å². The van der Waals surface area contributed by atoms with E-state index in [1.165, 1.54) is 19.6 Å². The molecule has 2 aromatic rings. The summed E-state index contributed by atoms with van der Waals surface area (Å²) < 4.78 is 23.6. The highest BCUT2D eigenvalue weighted by molar-refractivity contribution is 5.93. The number of carbonyl (C=O) groups is 2. The standard InChI is InChI=1S/C17H19FN2O4/c1-3-14-15(20-10-24-14)16(21)19-9-12(17(22)23-2)8-11-6-4-5-7-13(11)18/h4-7,10,12H,3,8-9H2,1-2H3,(H,19,21). The molecule has 1 amide bonds. The SMILES string of the molecule is CCc1ocnc1C(=O)NCC(Cc1ccccc1F)C(=O)OC. The van der Waals surface area contributed by atoms with Crippen molar-refractivity contribution in [2.45, 2.75) is 19.8 Å². The third-order valence-corrected chi connectivity index (χ3v) is 3.64. The van der Waals surface area contributed by atoms with Crippen LogP contribution in [0.5, 0.6) is 0 Å². The van der Waals surface area contributed by atoms with Gasteiger partial charge in [0.1, 0.15) is 11.6 Å². The summed E-state index contributed by atoms with van der Waals surface area (Å²) in [5.74, 6) is -1.59. The van der Waals surface area contributed by atoms with Gasteiger partial charge in [-0.1, -0.05) is 25.1 Å². The van der Waals surface area contributed by atoms with E-state index >= 15 is 0 Å². The minimum absolute atomic E-state index is 0.00978. The minimum Gasteiger partial charge on any atom is -0.469 e. The number of aryl methyl sites for hydroxylation is 1. The number of halogens is 1. The third-order valence-electron chi connectivity index (χ3n) is 3.64. The van der Waals surface area contributed by atoms with Crippen LogP contribution in [0, 0.1) is 11.7 Å². The van der Waals surface area contributed by atoms with Crippen LogP contribution in [0.2, 0.25) is 0 Å². The number of esters is 1. The van der Waals surface area contributed by atoms with Crippen LogP contribution in [-0.4, -0.2) is 30.5 Å². The van der Waals surface area contributed by atoms with Gasteiger partial charge in [0, 0.05) is 13.0 Å². The number of aromatic nitrogens is 1. The highest BCUT2D eigenvalue weighted by Gasteiger charge is 2.23. The smallest absolute Gasteiger partial charge is 0.310 e. The van der Waals surface area contributed by atoms with Crippen molar-refractivity contribution < 1.29 is 23.1 Å². The van der Waals surface area contributed by atoms with E-state index in [-0.39, 0.29) is 18.7 Å². The van der Waals surface area contributed by atoms with Crippen LogP contribution in [0.3, 0.4) is 0 Å². The van der Waals surface area contributed by atoms with Gasteiger partial charge >= 0.3 is 5.97 Å². The molecule has 1 heterocycles. The van der Waals surface area contributed by atoms with Gasteiger partial charge in [0.05, 0.1) is 13.0 Å². The second kappa shape index (κ2) is 8.24. The molecule has 1 unspecified atom stereocenters. The molecule has 6 nitrogen and oxygen atoms in total. The van der Waals surface area contributed by atoms with Gasteiger partial charge in [-0.15, -0.1) is 0 Å². The van der Waals surface area contributed by atoms with Crippen LogP contribution in [0.15, 0.2) is 35.1 Å². The van der Waals surface area contributed by atoms with E-state index in [9.17, 15) is 14.0 Å². The van der Waals surface area contributed by atoms with E-state index in [0.29, 0.717) is 17.7 Å². The van der Waals surface area contributed by atoms with Crippen LogP contribution in [0.1, 0.15) is 28.7 Å². The predicted octanol–water partition coefficient (Wildman–Crippen LogP) is 2.14. The van der Waals surface area contributed by atoms with Crippen LogP contribution in [-0.2, 0) is 22.4 Å². The summed E-state index contributed by atoms with van der Waals surface area (Å²) in [6, 6.07) is 6.18. The van der Waals surface area contributed by atoms with Crippen LogP contribution >= 0.6 is 0 Å². The minimum atomic E-state index is -0.701. The molecular formula is C17H19FN2O4. The molecule has 0 saturated carbocycles. The first-order valence-corrected chi connectivity index (χ1v) is 7.58. The molecule has 1 aromatic heterocycles. The first kappa shape index (κ1) is 17.7. The molecule has 1 atom stereocenters.